The molecule has 0 spiro atoms. The average molecular weight is 505 g/mol. The van der Waals surface area contributed by atoms with Gasteiger partial charge in [0, 0.05) is 37.1 Å². The molecular formula is C24H26F3N5O4. The number of aliphatic hydroxyl groups is 1. The lowest BCUT2D eigenvalue weighted by Crippen LogP contribution is -2.47. The second-order valence-corrected chi connectivity index (χ2v) is 8.49. The van der Waals surface area contributed by atoms with Gasteiger partial charge in [-0.25, -0.2) is 4.98 Å². The van der Waals surface area contributed by atoms with E-state index in [4.69, 9.17) is 9.84 Å². The first kappa shape index (κ1) is 25.4. The van der Waals surface area contributed by atoms with Crippen LogP contribution in [0, 0.1) is 0 Å². The predicted octanol–water partition coefficient (Wildman–Crippen LogP) is 2.84. The summed E-state index contributed by atoms with van der Waals surface area (Å²) in [6, 6.07) is 4.92. The van der Waals surface area contributed by atoms with E-state index < -0.39 is 25.3 Å². The van der Waals surface area contributed by atoms with Crippen LogP contribution in [0.25, 0.3) is 22.2 Å². The molecule has 0 bridgehead atoms. The lowest BCUT2D eigenvalue weighted by atomic mass is 10.0. The van der Waals surface area contributed by atoms with E-state index in [0.717, 1.165) is 5.56 Å². The van der Waals surface area contributed by atoms with Gasteiger partial charge in [0.15, 0.2) is 12.4 Å². The fourth-order valence-electron chi connectivity index (χ4n) is 4.28. The van der Waals surface area contributed by atoms with Crippen LogP contribution in [0.15, 0.2) is 30.6 Å². The fraction of sp³-hybridized carbons (Fsp3) is 0.417. The summed E-state index contributed by atoms with van der Waals surface area (Å²) in [4.78, 5) is 37.7. The topological polar surface area (TPSA) is 120 Å². The van der Waals surface area contributed by atoms with Gasteiger partial charge in [0.2, 0.25) is 5.91 Å². The van der Waals surface area contributed by atoms with Gasteiger partial charge in [-0.3, -0.25) is 14.6 Å². The lowest BCUT2D eigenvalue weighted by molar-refractivity contribution is -0.153. The van der Waals surface area contributed by atoms with Crippen molar-refractivity contribution in [3.63, 3.8) is 0 Å². The van der Waals surface area contributed by atoms with Crippen LogP contribution in [0.5, 0.6) is 5.75 Å². The Morgan fingerprint density at radius 2 is 1.94 bits per heavy atom. The summed E-state index contributed by atoms with van der Waals surface area (Å²) in [6.07, 6.45) is 0.0544. The lowest BCUT2D eigenvalue weighted by Gasteiger charge is -2.32. The van der Waals surface area contributed by atoms with E-state index >= 15 is 0 Å². The van der Waals surface area contributed by atoms with E-state index in [1.807, 2.05) is 6.92 Å². The number of halogens is 3. The molecule has 0 saturated carbocycles. The Bertz CT molecular complexity index is 1240. The van der Waals surface area contributed by atoms with E-state index in [9.17, 15) is 22.8 Å². The van der Waals surface area contributed by atoms with Crippen LogP contribution < -0.4 is 10.1 Å². The van der Waals surface area contributed by atoms with Crippen molar-refractivity contribution < 1.29 is 32.6 Å². The second-order valence-electron chi connectivity index (χ2n) is 8.49. The van der Waals surface area contributed by atoms with E-state index in [-0.39, 0.29) is 34.4 Å². The maximum Gasteiger partial charge on any atom is 0.422 e. The number of carbonyl (C=O) groups is 2. The van der Waals surface area contributed by atoms with E-state index in [0.29, 0.717) is 43.6 Å². The standard InChI is InChI=1S/C24H26F3N5O4/c1-2-18-16(14-3-7-28-8-4-14)11-17-21(36-13-24(25,26)27)20(31-22(17)30-18)23(35)29-15-5-9-32(10-6-15)19(34)12-33/h3-4,7-8,11,15,33H,2,5-6,9-10,12-13H2,1H3,(H,29,35)(H,30,31). The van der Waals surface area contributed by atoms with Gasteiger partial charge in [-0.1, -0.05) is 6.92 Å². The molecule has 0 atom stereocenters. The van der Waals surface area contributed by atoms with Crippen molar-refractivity contribution in [3.05, 3.63) is 42.0 Å². The molecule has 9 nitrogen and oxygen atoms in total. The Hall–Kier alpha value is -3.67. The summed E-state index contributed by atoms with van der Waals surface area (Å²) in [6.45, 7) is 0.461. The third-order valence-corrected chi connectivity index (χ3v) is 6.07. The van der Waals surface area contributed by atoms with Crippen LogP contribution in [0.2, 0.25) is 0 Å². The highest BCUT2D eigenvalue weighted by Crippen LogP contribution is 2.35. The number of alkyl halides is 3. The number of hydrogen-bond donors (Lipinski definition) is 3. The normalized spacial score (nSPS) is 14.8. The van der Waals surface area contributed by atoms with Gasteiger partial charge < -0.3 is 25.0 Å². The molecule has 0 aromatic carbocycles. The number of fused-ring (bicyclic) bond motifs is 1. The highest BCUT2D eigenvalue weighted by atomic mass is 19.4. The molecule has 3 aromatic rings. The Balaban J connectivity index is 1.67. The van der Waals surface area contributed by atoms with Gasteiger partial charge in [-0.05, 0) is 43.0 Å². The number of nitrogens with zero attached hydrogens (tertiary/aromatic N) is 3. The number of likely N-dealkylation sites (tertiary alicyclic amines) is 1. The van der Waals surface area contributed by atoms with Crippen LogP contribution in [0.1, 0.15) is 35.9 Å². The first-order valence-electron chi connectivity index (χ1n) is 11.5. The molecule has 3 N–H and O–H groups in total. The highest BCUT2D eigenvalue weighted by Gasteiger charge is 2.32. The molecule has 4 rings (SSSR count). The number of aliphatic hydroxyl groups excluding tert-OH is 1. The predicted molar refractivity (Wildman–Crippen MR) is 124 cm³/mol. The largest absolute Gasteiger partial charge is 0.481 e. The number of carbonyl (C=O) groups excluding carboxylic acids is 2. The van der Waals surface area contributed by atoms with E-state index in [1.165, 1.54) is 4.90 Å². The van der Waals surface area contributed by atoms with Crippen molar-refractivity contribution in [3.8, 4) is 16.9 Å². The molecule has 1 aliphatic heterocycles. The molecule has 0 radical (unpaired) electrons. The quantitative estimate of drug-likeness (QED) is 0.454. The number of nitrogens with one attached hydrogen (secondary N) is 2. The van der Waals surface area contributed by atoms with Crippen molar-refractivity contribution in [2.45, 2.75) is 38.4 Å². The zero-order valence-corrected chi connectivity index (χ0v) is 19.6. The van der Waals surface area contributed by atoms with Crippen LogP contribution in [0.3, 0.4) is 0 Å². The maximum absolute atomic E-state index is 13.1. The molecule has 2 amide bonds. The smallest absolute Gasteiger partial charge is 0.422 e. The van der Waals surface area contributed by atoms with E-state index in [1.54, 1.807) is 30.6 Å². The molecular weight excluding hydrogens is 479 g/mol. The summed E-state index contributed by atoms with van der Waals surface area (Å²) in [7, 11) is 0. The van der Waals surface area contributed by atoms with Crippen molar-refractivity contribution >= 4 is 22.8 Å². The van der Waals surface area contributed by atoms with Crippen molar-refractivity contribution in [1.29, 1.82) is 0 Å². The molecule has 1 saturated heterocycles. The number of ether oxygens (including phenoxy) is 1. The molecule has 36 heavy (non-hydrogen) atoms. The van der Waals surface area contributed by atoms with Crippen molar-refractivity contribution in [2.24, 2.45) is 0 Å². The van der Waals surface area contributed by atoms with Crippen LogP contribution >= 0.6 is 0 Å². The molecule has 0 aliphatic carbocycles. The third kappa shape index (κ3) is 5.59. The number of pyridine rings is 2. The summed E-state index contributed by atoms with van der Waals surface area (Å²) < 4.78 is 44.3. The molecule has 1 fully saturated rings. The monoisotopic (exact) mass is 505 g/mol. The summed E-state index contributed by atoms with van der Waals surface area (Å²) in [5, 5.41) is 12.1. The van der Waals surface area contributed by atoms with Crippen LogP contribution in [-0.4, -0.2) is 75.3 Å². The van der Waals surface area contributed by atoms with E-state index in [2.05, 4.69) is 20.3 Å². The average Bonchev–Trinajstić information content (AvgIpc) is 3.24. The number of hydrogen-bond acceptors (Lipinski definition) is 6. The van der Waals surface area contributed by atoms with Crippen LogP contribution in [-0.2, 0) is 11.2 Å². The van der Waals surface area contributed by atoms with Gasteiger partial charge in [-0.2, -0.15) is 13.2 Å². The highest BCUT2D eigenvalue weighted by molar-refractivity contribution is 6.03. The molecule has 12 heteroatoms. The minimum Gasteiger partial charge on any atom is -0.481 e. The number of aromatic amines is 1. The number of aryl methyl sites for hydroxylation is 1. The van der Waals surface area contributed by atoms with Crippen LogP contribution in [0.4, 0.5) is 13.2 Å². The number of rotatable bonds is 7. The molecule has 0 unspecified atom stereocenters. The zero-order chi connectivity index (χ0) is 25.9. The van der Waals surface area contributed by atoms with Crippen molar-refractivity contribution in [1.82, 2.24) is 25.2 Å². The van der Waals surface area contributed by atoms with Gasteiger partial charge >= 0.3 is 6.18 Å². The Morgan fingerprint density at radius 1 is 1.25 bits per heavy atom. The SMILES string of the molecule is CCc1nc2[nH]c(C(=O)NC3CCN(C(=O)CO)CC3)c(OCC(F)(F)F)c2cc1-c1ccncc1. The number of piperidine rings is 1. The van der Waals surface area contributed by atoms with Crippen molar-refractivity contribution in [2.75, 3.05) is 26.3 Å². The fourth-order valence-corrected chi connectivity index (χ4v) is 4.28. The first-order chi connectivity index (χ1) is 17.2. The molecule has 1 aliphatic rings. The zero-order valence-electron chi connectivity index (χ0n) is 19.6. The molecule has 192 valence electrons. The summed E-state index contributed by atoms with van der Waals surface area (Å²) >= 11 is 0. The Morgan fingerprint density at radius 3 is 2.56 bits per heavy atom. The van der Waals surface area contributed by atoms with Gasteiger partial charge in [0.1, 0.15) is 17.9 Å². The summed E-state index contributed by atoms with van der Waals surface area (Å²) in [5.74, 6) is -1.24. The minimum absolute atomic E-state index is 0.149. The molecule has 4 heterocycles. The minimum atomic E-state index is -4.60. The number of aromatic nitrogens is 3. The first-order valence-corrected chi connectivity index (χ1v) is 11.5. The maximum atomic E-state index is 13.1. The van der Waals surface area contributed by atoms with Gasteiger partial charge in [0.25, 0.3) is 5.91 Å². The van der Waals surface area contributed by atoms with Gasteiger partial charge in [-0.15, -0.1) is 0 Å². The van der Waals surface area contributed by atoms with Gasteiger partial charge in [0.05, 0.1) is 11.1 Å². The summed E-state index contributed by atoms with van der Waals surface area (Å²) in [5.41, 5.74) is 2.29. The third-order valence-electron chi connectivity index (χ3n) is 6.07. The number of amides is 2. The molecule has 3 aromatic heterocycles. The Kier molecular flexibility index (Phi) is 7.43. The second kappa shape index (κ2) is 10.5. The Labute approximate surface area is 204 Å². The number of H-pyrrole nitrogens is 1.